The SMILES string of the molecule is O=C(Nc1ccncc1)c1cc(=O)[nH]c2ccccc12. The molecule has 1 aromatic carbocycles. The van der Waals surface area contributed by atoms with Gasteiger partial charge in [-0.25, -0.2) is 0 Å². The maximum Gasteiger partial charge on any atom is 0.256 e. The number of aromatic amines is 1. The van der Waals surface area contributed by atoms with E-state index in [1.807, 2.05) is 12.1 Å². The van der Waals surface area contributed by atoms with Crippen LogP contribution in [0.1, 0.15) is 10.4 Å². The second-order valence-corrected chi connectivity index (χ2v) is 4.28. The molecule has 2 N–H and O–H groups in total. The Bertz CT molecular complexity index is 825. The van der Waals surface area contributed by atoms with Crippen LogP contribution in [-0.2, 0) is 0 Å². The Hall–Kier alpha value is -2.95. The normalized spacial score (nSPS) is 10.4. The first kappa shape index (κ1) is 12.1. The molecule has 20 heavy (non-hydrogen) atoms. The van der Waals surface area contributed by atoms with Gasteiger partial charge >= 0.3 is 0 Å². The van der Waals surface area contributed by atoms with E-state index < -0.39 is 0 Å². The van der Waals surface area contributed by atoms with Gasteiger partial charge in [0, 0.05) is 35.1 Å². The first-order chi connectivity index (χ1) is 9.74. The molecular weight excluding hydrogens is 254 g/mol. The Labute approximate surface area is 114 Å². The van der Waals surface area contributed by atoms with Gasteiger partial charge < -0.3 is 10.3 Å². The van der Waals surface area contributed by atoms with Gasteiger partial charge in [0.25, 0.3) is 5.91 Å². The van der Waals surface area contributed by atoms with E-state index in [1.54, 1.807) is 36.7 Å². The summed E-state index contributed by atoms with van der Waals surface area (Å²) in [4.78, 5) is 30.5. The largest absolute Gasteiger partial charge is 0.322 e. The van der Waals surface area contributed by atoms with Crippen LogP contribution in [0.3, 0.4) is 0 Å². The predicted molar refractivity (Wildman–Crippen MR) is 76.8 cm³/mol. The second kappa shape index (κ2) is 4.97. The van der Waals surface area contributed by atoms with E-state index in [2.05, 4.69) is 15.3 Å². The molecule has 0 aliphatic rings. The smallest absolute Gasteiger partial charge is 0.256 e. The summed E-state index contributed by atoms with van der Waals surface area (Å²) in [5.41, 5.74) is 1.32. The lowest BCUT2D eigenvalue weighted by molar-refractivity contribution is 0.102. The van der Waals surface area contributed by atoms with Gasteiger partial charge in [0.15, 0.2) is 0 Å². The molecule has 3 aromatic rings. The van der Waals surface area contributed by atoms with Crippen LogP contribution in [0.2, 0.25) is 0 Å². The maximum atomic E-state index is 12.3. The number of fused-ring (bicyclic) bond motifs is 1. The van der Waals surface area contributed by atoms with Gasteiger partial charge in [-0.2, -0.15) is 0 Å². The average Bonchev–Trinajstić information content (AvgIpc) is 2.47. The Morgan fingerprint density at radius 2 is 1.85 bits per heavy atom. The number of carbonyl (C=O) groups excluding carboxylic acids is 1. The minimum Gasteiger partial charge on any atom is -0.322 e. The molecule has 0 aliphatic carbocycles. The standard InChI is InChI=1S/C15H11N3O2/c19-14-9-12(11-3-1-2-4-13(11)18-14)15(20)17-10-5-7-16-8-6-10/h1-9H,(H,18,19)(H,16,17,20). The molecule has 0 radical (unpaired) electrons. The van der Waals surface area contributed by atoms with Gasteiger partial charge in [-0.05, 0) is 18.2 Å². The summed E-state index contributed by atoms with van der Waals surface area (Å²) in [6.45, 7) is 0. The van der Waals surface area contributed by atoms with E-state index in [9.17, 15) is 9.59 Å². The Morgan fingerprint density at radius 1 is 1.10 bits per heavy atom. The number of nitrogens with one attached hydrogen (secondary N) is 2. The Balaban J connectivity index is 2.05. The number of carbonyl (C=O) groups is 1. The van der Waals surface area contributed by atoms with Crippen molar-refractivity contribution in [3.8, 4) is 0 Å². The van der Waals surface area contributed by atoms with Crippen molar-refractivity contribution in [2.45, 2.75) is 0 Å². The van der Waals surface area contributed by atoms with Crippen LogP contribution in [0.25, 0.3) is 10.9 Å². The lowest BCUT2D eigenvalue weighted by Gasteiger charge is -2.07. The van der Waals surface area contributed by atoms with E-state index in [-0.39, 0.29) is 11.5 Å². The molecule has 98 valence electrons. The van der Waals surface area contributed by atoms with Crippen molar-refractivity contribution < 1.29 is 4.79 Å². The molecule has 5 nitrogen and oxygen atoms in total. The van der Waals surface area contributed by atoms with Crippen LogP contribution in [-0.4, -0.2) is 15.9 Å². The molecule has 0 unspecified atom stereocenters. The fourth-order valence-corrected chi connectivity index (χ4v) is 2.03. The number of benzene rings is 1. The minimum absolute atomic E-state index is 0.302. The topological polar surface area (TPSA) is 74.8 Å². The third-order valence-electron chi connectivity index (χ3n) is 2.93. The number of amides is 1. The quantitative estimate of drug-likeness (QED) is 0.745. The summed E-state index contributed by atoms with van der Waals surface area (Å²) in [7, 11) is 0. The van der Waals surface area contributed by atoms with Crippen molar-refractivity contribution in [2.75, 3.05) is 5.32 Å². The van der Waals surface area contributed by atoms with Crippen molar-refractivity contribution in [3.63, 3.8) is 0 Å². The van der Waals surface area contributed by atoms with Gasteiger partial charge in [0.05, 0.1) is 5.56 Å². The molecule has 0 bridgehead atoms. The molecule has 2 heterocycles. The summed E-state index contributed by atoms with van der Waals surface area (Å²) < 4.78 is 0. The molecule has 0 fully saturated rings. The van der Waals surface area contributed by atoms with E-state index in [4.69, 9.17) is 0 Å². The number of para-hydroxylation sites is 1. The Morgan fingerprint density at radius 3 is 2.65 bits per heavy atom. The molecule has 5 heteroatoms. The first-order valence-electron chi connectivity index (χ1n) is 6.07. The molecular formula is C15H11N3O2. The van der Waals surface area contributed by atoms with Crippen molar-refractivity contribution in [3.05, 3.63) is 70.8 Å². The highest BCUT2D eigenvalue weighted by Crippen LogP contribution is 2.16. The number of nitrogens with zero attached hydrogens (tertiary/aromatic N) is 1. The van der Waals surface area contributed by atoms with Crippen molar-refractivity contribution in [1.29, 1.82) is 0 Å². The molecule has 2 aromatic heterocycles. The van der Waals surface area contributed by atoms with Crippen LogP contribution in [0.5, 0.6) is 0 Å². The van der Waals surface area contributed by atoms with Gasteiger partial charge in [-0.1, -0.05) is 18.2 Å². The number of aromatic nitrogens is 2. The van der Waals surface area contributed by atoms with Crippen molar-refractivity contribution in [2.24, 2.45) is 0 Å². The number of rotatable bonds is 2. The van der Waals surface area contributed by atoms with Crippen molar-refractivity contribution in [1.82, 2.24) is 9.97 Å². The molecule has 0 saturated heterocycles. The van der Waals surface area contributed by atoms with Crippen LogP contribution >= 0.6 is 0 Å². The highest BCUT2D eigenvalue weighted by molar-refractivity contribution is 6.12. The molecule has 0 spiro atoms. The van der Waals surface area contributed by atoms with Crippen molar-refractivity contribution >= 4 is 22.5 Å². The number of hydrogen-bond donors (Lipinski definition) is 2. The molecule has 3 rings (SSSR count). The molecule has 0 aliphatic heterocycles. The fourth-order valence-electron chi connectivity index (χ4n) is 2.03. The fraction of sp³-hybridized carbons (Fsp3) is 0. The van der Waals surface area contributed by atoms with Crippen LogP contribution in [0.4, 0.5) is 5.69 Å². The predicted octanol–water partition coefficient (Wildman–Crippen LogP) is 2.18. The summed E-state index contributed by atoms with van der Waals surface area (Å²) in [5, 5.41) is 3.45. The number of hydrogen-bond acceptors (Lipinski definition) is 3. The lowest BCUT2D eigenvalue weighted by Crippen LogP contribution is -2.16. The van der Waals surface area contributed by atoms with Gasteiger partial charge in [-0.15, -0.1) is 0 Å². The average molecular weight is 265 g/mol. The van der Waals surface area contributed by atoms with Crippen LogP contribution < -0.4 is 10.9 Å². The van der Waals surface area contributed by atoms with Gasteiger partial charge in [0.1, 0.15) is 0 Å². The van der Waals surface area contributed by atoms with Crippen LogP contribution in [0, 0.1) is 0 Å². The highest BCUT2D eigenvalue weighted by atomic mass is 16.2. The monoisotopic (exact) mass is 265 g/mol. The summed E-state index contributed by atoms with van der Waals surface area (Å²) in [6, 6.07) is 11.9. The van der Waals surface area contributed by atoms with Gasteiger partial charge in [0.2, 0.25) is 5.56 Å². The molecule has 0 atom stereocenters. The third-order valence-corrected chi connectivity index (χ3v) is 2.93. The Kier molecular flexibility index (Phi) is 3.01. The first-order valence-corrected chi connectivity index (χ1v) is 6.07. The zero-order chi connectivity index (χ0) is 13.9. The van der Waals surface area contributed by atoms with E-state index in [0.29, 0.717) is 22.2 Å². The summed E-state index contributed by atoms with van der Waals surface area (Å²) in [5.74, 6) is -0.321. The number of pyridine rings is 2. The zero-order valence-corrected chi connectivity index (χ0v) is 10.5. The third kappa shape index (κ3) is 2.29. The summed E-state index contributed by atoms with van der Waals surface area (Å²) >= 11 is 0. The maximum absolute atomic E-state index is 12.3. The number of H-pyrrole nitrogens is 1. The van der Waals surface area contributed by atoms with E-state index in [0.717, 1.165) is 0 Å². The lowest BCUT2D eigenvalue weighted by atomic mass is 10.1. The van der Waals surface area contributed by atoms with E-state index in [1.165, 1.54) is 6.07 Å². The van der Waals surface area contributed by atoms with Gasteiger partial charge in [-0.3, -0.25) is 14.6 Å². The second-order valence-electron chi connectivity index (χ2n) is 4.28. The van der Waals surface area contributed by atoms with E-state index >= 15 is 0 Å². The summed E-state index contributed by atoms with van der Waals surface area (Å²) in [6.07, 6.45) is 3.18. The zero-order valence-electron chi connectivity index (χ0n) is 10.5. The van der Waals surface area contributed by atoms with Crippen LogP contribution in [0.15, 0.2) is 59.7 Å². The minimum atomic E-state index is -0.321. The highest BCUT2D eigenvalue weighted by Gasteiger charge is 2.11. The molecule has 0 saturated carbocycles. The molecule has 1 amide bonds. The number of anilines is 1.